The molecule has 3 aromatic heterocycles. The lowest BCUT2D eigenvalue weighted by molar-refractivity contribution is 0.0853. The molecule has 7 rings (SSSR count). The van der Waals surface area contributed by atoms with Crippen molar-refractivity contribution in [3.63, 3.8) is 0 Å². The lowest BCUT2D eigenvalue weighted by atomic mass is 9.95. The van der Waals surface area contributed by atoms with E-state index >= 15 is 0 Å². The molecule has 2 aromatic carbocycles. The largest absolute Gasteiger partial charge is 0.492 e. The Morgan fingerprint density at radius 1 is 1.12 bits per heavy atom. The van der Waals surface area contributed by atoms with Gasteiger partial charge in [0, 0.05) is 59.6 Å². The molecule has 1 N–H and O–H groups in total. The molecule has 12 nitrogen and oxygen atoms in total. The molecule has 0 fully saturated rings. The molecule has 2 aliphatic heterocycles. The zero-order valence-corrected chi connectivity index (χ0v) is 28.7. The fraction of sp³-hybridized carbons (Fsp3) is 0.257. The number of halogens is 1. The number of rotatable bonds is 11. The number of amides is 1. The van der Waals surface area contributed by atoms with E-state index < -0.39 is 5.91 Å². The molecule has 1 amide bonds. The Kier molecular flexibility index (Phi) is 9.13. The number of oxime groups is 1. The molecular weight excluding hydrogens is 670 g/mol. The number of nitrogens with one attached hydrogen (secondary N) is 1. The maximum Gasteiger partial charge on any atom is 0.283 e. The molecule has 49 heavy (non-hydrogen) atoms. The average molecular weight is 702 g/mol. The molecular formula is C35H32ClN5O7S. The Morgan fingerprint density at radius 3 is 2.57 bits per heavy atom. The van der Waals surface area contributed by atoms with Gasteiger partial charge in [0.15, 0.2) is 11.5 Å². The maximum absolute atomic E-state index is 13.9. The van der Waals surface area contributed by atoms with Gasteiger partial charge >= 0.3 is 0 Å². The van der Waals surface area contributed by atoms with E-state index in [4.69, 9.17) is 45.1 Å². The molecule has 5 aromatic rings. The fourth-order valence-corrected chi connectivity index (χ4v) is 7.41. The van der Waals surface area contributed by atoms with E-state index in [2.05, 4.69) is 15.7 Å². The van der Waals surface area contributed by atoms with E-state index in [1.165, 1.54) is 24.7 Å². The monoisotopic (exact) mass is 701 g/mol. The summed E-state index contributed by atoms with van der Waals surface area (Å²) < 4.78 is 30.7. The number of thiophene rings is 1. The third-order valence-electron chi connectivity index (χ3n) is 8.19. The van der Waals surface area contributed by atoms with Gasteiger partial charge in [-0.15, -0.1) is 11.3 Å². The highest BCUT2D eigenvalue weighted by atomic mass is 35.5. The summed E-state index contributed by atoms with van der Waals surface area (Å²) >= 11 is 7.38. The third kappa shape index (κ3) is 6.16. The number of pyridine rings is 1. The minimum Gasteiger partial charge on any atom is -0.492 e. The van der Waals surface area contributed by atoms with Crippen molar-refractivity contribution in [2.24, 2.45) is 10.3 Å². The number of benzene rings is 2. The summed E-state index contributed by atoms with van der Waals surface area (Å²) in [6, 6.07) is 13.2. The number of hydrazone groups is 1. The molecule has 0 aliphatic carbocycles. The second-order valence-electron chi connectivity index (χ2n) is 11.3. The summed E-state index contributed by atoms with van der Waals surface area (Å²) in [5.41, 5.74) is 8.15. The van der Waals surface area contributed by atoms with Crippen molar-refractivity contribution in [1.82, 2.24) is 15.0 Å². The number of fused-ring (bicyclic) bond motifs is 2. The summed E-state index contributed by atoms with van der Waals surface area (Å²) in [6.45, 7) is 2.29. The van der Waals surface area contributed by atoms with Crippen molar-refractivity contribution in [3.8, 4) is 28.7 Å². The summed E-state index contributed by atoms with van der Waals surface area (Å²) in [5.74, 6) is 1.24. The normalized spacial score (nSPS) is 15.1. The van der Waals surface area contributed by atoms with Gasteiger partial charge in [-0.05, 0) is 48.4 Å². The van der Waals surface area contributed by atoms with Crippen LogP contribution in [0.15, 0.2) is 65.1 Å². The first-order valence-corrected chi connectivity index (χ1v) is 16.5. The minimum absolute atomic E-state index is 0.00471. The SMILES string of the molecule is COCc1cc(C)nc2sc(C(=O)NN=Cc3c(CC4CC(c5ccc(Cl)cc5)=NO4)c(OC)c4c(c3OC)OCO4)c(-n3cccc3)c12. The molecule has 0 spiro atoms. The van der Waals surface area contributed by atoms with E-state index in [0.717, 1.165) is 32.7 Å². The molecule has 1 atom stereocenters. The first-order chi connectivity index (χ1) is 23.9. The van der Waals surface area contributed by atoms with Gasteiger partial charge in [0.25, 0.3) is 5.91 Å². The van der Waals surface area contributed by atoms with Gasteiger partial charge in [-0.25, -0.2) is 10.4 Å². The van der Waals surface area contributed by atoms with Crippen LogP contribution in [0.1, 0.15) is 44.0 Å². The third-order valence-corrected chi connectivity index (χ3v) is 9.52. The average Bonchev–Trinajstić information content (AvgIpc) is 3.92. The van der Waals surface area contributed by atoms with Crippen molar-refractivity contribution in [2.75, 3.05) is 28.1 Å². The van der Waals surface area contributed by atoms with Crippen LogP contribution in [0.3, 0.4) is 0 Å². The van der Waals surface area contributed by atoms with Crippen molar-refractivity contribution in [3.05, 3.63) is 92.7 Å². The number of aromatic nitrogens is 2. The van der Waals surface area contributed by atoms with Crippen LogP contribution < -0.4 is 24.4 Å². The number of aryl methyl sites for hydroxylation is 1. The first-order valence-electron chi connectivity index (χ1n) is 15.3. The molecule has 0 saturated heterocycles. The smallest absolute Gasteiger partial charge is 0.283 e. The van der Waals surface area contributed by atoms with E-state index in [1.54, 1.807) is 14.2 Å². The molecule has 252 valence electrons. The Balaban J connectivity index is 1.22. The molecule has 14 heteroatoms. The van der Waals surface area contributed by atoms with Crippen LogP contribution >= 0.6 is 22.9 Å². The Morgan fingerprint density at radius 2 is 1.86 bits per heavy atom. The van der Waals surface area contributed by atoms with Gasteiger partial charge in [0.1, 0.15) is 15.8 Å². The van der Waals surface area contributed by atoms with Gasteiger partial charge in [0.05, 0.1) is 38.4 Å². The van der Waals surface area contributed by atoms with Crippen molar-refractivity contribution in [1.29, 1.82) is 0 Å². The van der Waals surface area contributed by atoms with Crippen LogP contribution in [0.4, 0.5) is 0 Å². The van der Waals surface area contributed by atoms with E-state index in [-0.39, 0.29) is 12.9 Å². The maximum atomic E-state index is 13.9. The van der Waals surface area contributed by atoms with Crippen molar-refractivity contribution < 1.29 is 33.3 Å². The highest BCUT2D eigenvalue weighted by Crippen LogP contribution is 2.52. The van der Waals surface area contributed by atoms with Gasteiger partial charge in [-0.2, -0.15) is 5.10 Å². The summed E-state index contributed by atoms with van der Waals surface area (Å²) in [7, 11) is 4.73. The second-order valence-corrected chi connectivity index (χ2v) is 12.7. The van der Waals surface area contributed by atoms with Gasteiger partial charge in [-0.1, -0.05) is 28.9 Å². The van der Waals surface area contributed by atoms with Crippen LogP contribution in [0.25, 0.3) is 15.9 Å². The Bertz CT molecular complexity index is 2090. The topological polar surface area (TPSA) is 127 Å². The lowest BCUT2D eigenvalue weighted by Crippen LogP contribution is -2.19. The predicted molar refractivity (Wildman–Crippen MR) is 186 cm³/mol. The molecule has 0 saturated carbocycles. The molecule has 0 bridgehead atoms. The standard InChI is InChI=1S/C35H32ClN5O7S/c1-19-13-21(17-43-2)27-28(41-11-5-6-12-41)33(49-35(27)38-19)34(42)39-37-16-25-24(29(44-3)31-32(30(25)45-4)47-18-46-31)14-23-15-26(40-48-23)20-7-9-22(36)10-8-20/h5-13,16,23H,14-15,17-18H2,1-4H3,(H,39,42). The van der Waals surface area contributed by atoms with Gasteiger partial charge < -0.3 is 33.1 Å². The highest BCUT2D eigenvalue weighted by molar-refractivity contribution is 7.21. The van der Waals surface area contributed by atoms with Crippen molar-refractivity contribution in [2.45, 2.75) is 32.5 Å². The van der Waals surface area contributed by atoms with Crippen molar-refractivity contribution >= 4 is 51.0 Å². The summed E-state index contributed by atoms with van der Waals surface area (Å²) in [6.07, 6.45) is 5.89. The molecule has 2 aliphatic rings. The van der Waals surface area contributed by atoms with Crippen LogP contribution in [-0.2, 0) is 22.6 Å². The van der Waals surface area contributed by atoms with E-state index in [9.17, 15) is 4.79 Å². The zero-order chi connectivity index (χ0) is 34.1. The second kappa shape index (κ2) is 13.8. The number of carbonyl (C=O) groups excluding carboxylic acids is 1. The summed E-state index contributed by atoms with van der Waals surface area (Å²) in [5, 5.41) is 10.3. The van der Waals surface area contributed by atoms with E-state index in [0.29, 0.717) is 69.2 Å². The quantitative estimate of drug-likeness (QED) is 0.123. The van der Waals surface area contributed by atoms with Crippen LogP contribution in [0.5, 0.6) is 23.0 Å². The number of methoxy groups -OCH3 is 3. The predicted octanol–water partition coefficient (Wildman–Crippen LogP) is 6.44. The fourth-order valence-electron chi connectivity index (χ4n) is 6.13. The van der Waals surface area contributed by atoms with Gasteiger partial charge in [-0.3, -0.25) is 4.79 Å². The number of hydrogen-bond donors (Lipinski definition) is 1. The lowest BCUT2D eigenvalue weighted by Gasteiger charge is -2.19. The van der Waals surface area contributed by atoms with Crippen LogP contribution in [-0.4, -0.2) is 61.6 Å². The zero-order valence-electron chi connectivity index (χ0n) is 27.1. The highest BCUT2D eigenvalue weighted by Gasteiger charge is 2.34. The Hall–Kier alpha value is -5.11. The van der Waals surface area contributed by atoms with Gasteiger partial charge in [0.2, 0.25) is 18.3 Å². The minimum atomic E-state index is -0.405. The Labute approximate surface area is 290 Å². The number of nitrogens with zero attached hydrogens (tertiary/aromatic N) is 4. The van der Waals surface area contributed by atoms with Crippen LogP contribution in [0.2, 0.25) is 5.02 Å². The number of carbonyl (C=O) groups is 1. The number of ether oxygens (including phenoxy) is 5. The van der Waals surface area contributed by atoms with E-state index in [1.807, 2.05) is 66.3 Å². The van der Waals surface area contributed by atoms with Crippen LogP contribution in [0, 0.1) is 6.92 Å². The first kappa shape index (κ1) is 32.4. The molecule has 0 radical (unpaired) electrons. The molecule has 1 unspecified atom stereocenters. The number of hydrogen-bond acceptors (Lipinski definition) is 11. The molecule has 5 heterocycles. The summed E-state index contributed by atoms with van der Waals surface area (Å²) in [4.78, 5) is 25.6.